The van der Waals surface area contributed by atoms with Gasteiger partial charge in [-0.1, -0.05) is 30.5 Å². The van der Waals surface area contributed by atoms with E-state index < -0.39 is 33.9 Å². The molecule has 11 heteroatoms. The summed E-state index contributed by atoms with van der Waals surface area (Å²) in [6.45, 7) is 8.15. The Labute approximate surface area is 273 Å². The number of urea groups is 1. The molecule has 2 atom stereocenters. The zero-order chi connectivity index (χ0) is 30.9. The summed E-state index contributed by atoms with van der Waals surface area (Å²) in [4.78, 5) is 31.8. The molecule has 44 heavy (non-hydrogen) atoms. The number of aromatic amines is 1. The molecule has 2 unspecified atom stereocenters. The summed E-state index contributed by atoms with van der Waals surface area (Å²) in [5.41, 5.74) is 9.87. The topological polar surface area (TPSA) is 126 Å². The van der Waals surface area contributed by atoms with Crippen LogP contribution in [0, 0.1) is 26.8 Å². The second kappa shape index (κ2) is 13.7. The number of nitrogens with two attached hydrogens (primary N) is 1. The molecule has 0 spiro atoms. The van der Waals surface area contributed by atoms with E-state index in [0.717, 1.165) is 49.6 Å². The molecular formula is C33H37N4O5SW-. The van der Waals surface area contributed by atoms with Crippen molar-refractivity contribution in [2.24, 2.45) is 5.73 Å². The number of ether oxygens (including phenoxy) is 1. The smallest absolute Gasteiger partial charge is 0.341 e. The molecule has 1 aliphatic rings. The molecule has 0 radical (unpaired) electrons. The number of hydrogen-bond acceptors (Lipinski definition) is 6. The number of aryl methyl sites for hydroxylation is 3. The second-order valence-corrected chi connectivity index (χ2v) is 12.9. The van der Waals surface area contributed by atoms with Gasteiger partial charge in [-0.25, -0.2) is 17.5 Å². The fourth-order valence-corrected chi connectivity index (χ4v) is 7.21. The van der Waals surface area contributed by atoms with E-state index in [0.29, 0.717) is 30.0 Å². The van der Waals surface area contributed by atoms with Crippen LogP contribution in [0.15, 0.2) is 65.7 Å². The van der Waals surface area contributed by atoms with Gasteiger partial charge >= 0.3 is 6.03 Å². The number of para-hydroxylation sites is 1. The number of carbonyl (C=O) groups is 2. The third-order valence-electron chi connectivity index (χ3n) is 8.19. The number of rotatable bonds is 11. The van der Waals surface area contributed by atoms with Crippen LogP contribution in [0.1, 0.15) is 54.4 Å². The number of nitrogens with one attached hydrogen (secondary N) is 1. The number of nitrogens with zero attached hydrogens (tertiary/aromatic N) is 2. The van der Waals surface area contributed by atoms with Gasteiger partial charge in [-0.05, 0) is 93.4 Å². The molecule has 9 nitrogen and oxygen atoms in total. The van der Waals surface area contributed by atoms with Crippen molar-refractivity contribution >= 4 is 32.9 Å². The number of carbonyl (C=O) groups excluding carboxylic acids is 2. The van der Waals surface area contributed by atoms with Gasteiger partial charge in [0.2, 0.25) is 0 Å². The van der Waals surface area contributed by atoms with Crippen LogP contribution < -0.4 is 10.5 Å². The average Bonchev–Trinajstić information content (AvgIpc) is 3.52. The van der Waals surface area contributed by atoms with Gasteiger partial charge in [0.1, 0.15) is 17.5 Å². The molecular weight excluding hydrogens is 748 g/mol. The second-order valence-electron chi connectivity index (χ2n) is 11.1. The number of H-pyrrole nitrogens is 1. The van der Waals surface area contributed by atoms with Crippen molar-refractivity contribution in [2.75, 3.05) is 13.1 Å². The molecule has 3 aromatic carbocycles. The van der Waals surface area contributed by atoms with Crippen LogP contribution in [0.5, 0.6) is 11.5 Å². The summed E-state index contributed by atoms with van der Waals surface area (Å²) < 4.78 is 35.3. The van der Waals surface area contributed by atoms with Gasteiger partial charge < -0.3 is 15.5 Å². The van der Waals surface area contributed by atoms with E-state index in [9.17, 15) is 18.0 Å². The molecule has 0 saturated carbocycles. The van der Waals surface area contributed by atoms with Gasteiger partial charge in [-0.15, -0.1) is 5.39 Å². The number of hydrogen-bond donors (Lipinski definition) is 2. The van der Waals surface area contributed by atoms with Gasteiger partial charge in [-0.2, -0.15) is 24.3 Å². The normalized spacial score (nSPS) is 16.0. The molecule has 0 bridgehead atoms. The van der Waals surface area contributed by atoms with E-state index in [1.807, 2.05) is 44.2 Å². The molecule has 1 fully saturated rings. The zero-order valence-corrected chi connectivity index (χ0v) is 29.0. The number of amides is 3. The Kier molecular flexibility index (Phi) is 10.4. The first-order valence-corrected chi connectivity index (χ1v) is 15.9. The standard InChI is InChI=1S/C33H37N4O5S.W/c1-21-12-13-25(18-22(21)2)42-30-15-14-26(19-23(30)3)43(40,41)37-31(32(38)36(33(37)39)17-9-5-8-16-34)24(4)28-20-35-29-11-7-6-10-27(28)29;/h6-7,10,12-15,18-20,24,31,35H,5,8-9,16-17,34H2,1-4H3;/q-1;. The number of fused-ring (bicyclic) bond motifs is 1. The number of unbranched alkanes of at least 4 members (excludes halogenated alkanes) is 2. The van der Waals surface area contributed by atoms with E-state index in [1.165, 1.54) is 12.1 Å². The predicted molar refractivity (Wildman–Crippen MR) is 166 cm³/mol. The quantitative estimate of drug-likeness (QED) is 0.110. The Morgan fingerprint density at radius 2 is 1.77 bits per heavy atom. The van der Waals surface area contributed by atoms with Crippen LogP contribution in [0.25, 0.3) is 10.9 Å². The Hall–Kier alpha value is -3.46. The maximum Gasteiger partial charge on any atom is 0.341 e. The Morgan fingerprint density at radius 1 is 1.00 bits per heavy atom. The van der Waals surface area contributed by atoms with E-state index >= 15 is 0 Å². The molecule has 1 aromatic heterocycles. The van der Waals surface area contributed by atoms with Gasteiger partial charge in [0.05, 0.1) is 4.90 Å². The predicted octanol–water partition coefficient (Wildman–Crippen LogP) is 5.94. The molecule has 3 amide bonds. The SMILES string of the molecule is Cc1ccc(Oc2ccc(S(=O)(=O)N3C(=O)N(CCCCCN)C(=O)C3C(C)c3c[nH]c4[c-]cccc34)cc2C)cc1C.[W]. The summed E-state index contributed by atoms with van der Waals surface area (Å²) in [5.74, 6) is -0.0300. The number of imide groups is 1. The van der Waals surface area contributed by atoms with Crippen LogP contribution in [0.2, 0.25) is 0 Å². The number of aromatic nitrogens is 1. The van der Waals surface area contributed by atoms with Crippen molar-refractivity contribution in [1.82, 2.24) is 14.2 Å². The number of sulfonamides is 1. The maximum absolute atomic E-state index is 14.2. The summed E-state index contributed by atoms with van der Waals surface area (Å²) >= 11 is 0. The van der Waals surface area contributed by atoms with Crippen molar-refractivity contribution in [3.05, 3.63) is 89.1 Å². The minimum atomic E-state index is -4.42. The van der Waals surface area contributed by atoms with Crippen molar-refractivity contribution in [1.29, 1.82) is 0 Å². The van der Waals surface area contributed by atoms with Crippen molar-refractivity contribution < 1.29 is 43.8 Å². The zero-order valence-electron chi connectivity index (χ0n) is 25.3. The molecule has 232 valence electrons. The first-order valence-electron chi connectivity index (χ1n) is 14.5. The summed E-state index contributed by atoms with van der Waals surface area (Å²) in [6.07, 6.45) is 3.76. The van der Waals surface area contributed by atoms with E-state index in [4.69, 9.17) is 10.5 Å². The van der Waals surface area contributed by atoms with Crippen molar-refractivity contribution in [3.63, 3.8) is 0 Å². The van der Waals surface area contributed by atoms with E-state index in [2.05, 4.69) is 11.1 Å². The van der Waals surface area contributed by atoms with Crippen LogP contribution in [0.4, 0.5) is 4.79 Å². The van der Waals surface area contributed by atoms with Gasteiger partial charge in [0, 0.05) is 33.5 Å². The summed E-state index contributed by atoms with van der Waals surface area (Å²) in [7, 11) is -4.42. The maximum atomic E-state index is 14.2. The molecule has 2 heterocycles. The largest absolute Gasteiger partial charge is 0.457 e. The van der Waals surface area contributed by atoms with Crippen LogP contribution in [0.3, 0.4) is 0 Å². The van der Waals surface area contributed by atoms with Gasteiger partial charge in [-0.3, -0.25) is 9.69 Å². The fraction of sp³-hybridized carbons (Fsp3) is 0.333. The molecule has 0 aliphatic carbocycles. The fourth-order valence-electron chi connectivity index (χ4n) is 5.54. The first kappa shape index (κ1) is 33.4. The Balaban J connectivity index is 0.00000442. The average molecular weight is 786 g/mol. The summed E-state index contributed by atoms with van der Waals surface area (Å²) in [6, 6.07) is 16.7. The monoisotopic (exact) mass is 785 g/mol. The van der Waals surface area contributed by atoms with Crippen molar-refractivity contribution in [3.8, 4) is 11.5 Å². The third kappa shape index (κ3) is 6.34. The molecule has 1 saturated heterocycles. The molecule has 5 rings (SSSR count). The number of benzene rings is 3. The molecule has 3 N–H and O–H groups in total. The van der Waals surface area contributed by atoms with Gasteiger partial charge in [0.15, 0.2) is 0 Å². The minimum absolute atomic E-state index is 0. The van der Waals surface area contributed by atoms with Crippen LogP contribution in [-0.2, 0) is 35.9 Å². The molecule has 4 aromatic rings. The minimum Gasteiger partial charge on any atom is -0.457 e. The van der Waals surface area contributed by atoms with Crippen LogP contribution in [-0.4, -0.2) is 53.7 Å². The first-order chi connectivity index (χ1) is 20.5. The Morgan fingerprint density at radius 3 is 2.48 bits per heavy atom. The van der Waals surface area contributed by atoms with Crippen molar-refractivity contribution in [2.45, 2.75) is 63.8 Å². The summed E-state index contributed by atoms with van der Waals surface area (Å²) in [5, 5.41) is 0.817. The van der Waals surface area contributed by atoms with Crippen LogP contribution >= 0.6 is 0 Å². The van der Waals surface area contributed by atoms with E-state index in [1.54, 1.807) is 32.2 Å². The molecule has 1 aliphatic heterocycles. The Bertz CT molecular complexity index is 1790. The third-order valence-corrected chi connectivity index (χ3v) is 9.94. The van der Waals surface area contributed by atoms with E-state index in [-0.39, 0.29) is 32.5 Å². The van der Waals surface area contributed by atoms with Gasteiger partial charge in [0.25, 0.3) is 15.9 Å².